The Morgan fingerprint density at radius 2 is 2.57 bits per heavy atom. The maximum Gasteiger partial charge on any atom is 0.156 e. The third kappa shape index (κ3) is 3.06. The first kappa shape index (κ1) is 10.5. The summed E-state index contributed by atoms with van der Waals surface area (Å²) in [5.74, 6) is 0.190. The minimum absolute atomic E-state index is 0.122. The first-order valence-corrected chi connectivity index (χ1v) is 4.40. The molecule has 0 fully saturated rings. The average Bonchev–Trinajstić information content (AvgIpc) is 2.69. The highest BCUT2D eigenvalue weighted by Crippen LogP contribution is 1.86. The fraction of sp³-hybridized carbons (Fsp3) is 0.500. The second-order valence-corrected chi connectivity index (χ2v) is 3.00. The number of oxime groups is 1. The zero-order valence-corrected chi connectivity index (χ0v) is 8.09. The van der Waals surface area contributed by atoms with Gasteiger partial charge < -0.3 is 20.8 Å². The van der Waals surface area contributed by atoms with Gasteiger partial charge in [-0.1, -0.05) is 5.16 Å². The molecule has 6 heteroatoms. The molecule has 0 bridgehead atoms. The summed E-state index contributed by atoms with van der Waals surface area (Å²) < 4.78 is 1.95. The number of imidazole rings is 1. The van der Waals surface area contributed by atoms with Gasteiger partial charge in [0.25, 0.3) is 0 Å². The summed E-state index contributed by atoms with van der Waals surface area (Å²) in [7, 11) is 0. The molecule has 4 N–H and O–H groups in total. The van der Waals surface area contributed by atoms with E-state index >= 15 is 0 Å². The lowest BCUT2D eigenvalue weighted by atomic mass is 10.3. The van der Waals surface area contributed by atoms with Gasteiger partial charge in [-0.25, -0.2) is 4.98 Å². The van der Waals surface area contributed by atoms with E-state index in [-0.39, 0.29) is 11.9 Å². The third-order valence-corrected chi connectivity index (χ3v) is 1.94. The van der Waals surface area contributed by atoms with Crippen molar-refractivity contribution < 1.29 is 5.21 Å². The third-order valence-electron chi connectivity index (χ3n) is 1.94. The zero-order chi connectivity index (χ0) is 10.4. The summed E-state index contributed by atoms with van der Waals surface area (Å²) in [6.07, 6.45) is 5.36. The van der Waals surface area contributed by atoms with Crippen molar-refractivity contribution in [2.24, 2.45) is 10.9 Å². The van der Waals surface area contributed by atoms with Crippen LogP contribution >= 0.6 is 0 Å². The molecule has 1 atom stereocenters. The second kappa shape index (κ2) is 5.23. The molecular weight excluding hydrogens is 182 g/mol. The van der Waals surface area contributed by atoms with E-state index in [1.54, 1.807) is 12.5 Å². The van der Waals surface area contributed by atoms with Crippen molar-refractivity contribution in [1.82, 2.24) is 14.9 Å². The molecular formula is C8H15N5O. The molecule has 0 aliphatic rings. The second-order valence-electron chi connectivity index (χ2n) is 3.00. The largest absolute Gasteiger partial charge is 0.409 e. The quantitative estimate of drug-likeness (QED) is 0.259. The number of amidine groups is 1. The zero-order valence-electron chi connectivity index (χ0n) is 8.09. The summed E-state index contributed by atoms with van der Waals surface area (Å²) in [4.78, 5) is 3.92. The SMILES string of the molecule is CC(NCCn1ccnc1)C(N)=NO. The Labute approximate surface area is 82.4 Å². The fourth-order valence-corrected chi connectivity index (χ4v) is 1.02. The first-order chi connectivity index (χ1) is 6.74. The topological polar surface area (TPSA) is 88.5 Å². The van der Waals surface area contributed by atoms with E-state index in [0.717, 1.165) is 13.1 Å². The number of nitrogens with two attached hydrogens (primary N) is 1. The molecule has 0 saturated carbocycles. The van der Waals surface area contributed by atoms with Crippen LogP contribution in [0.25, 0.3) is 0 Å². The molecule has 6 nitrogen and oxygen atoms in total. The molecule has 1 heterocycles. The Morgan fingerprint density at radius 1 is 1.79 bits per heavy atom. The predicted molar refractivity (Wildman–Crippen MR) is 53.1 cm³/mol. The lowest BCUT2D eigenvalue weighted by Crippen LogP contribution is -2.40. The molecule has 1 aromatic heterocycles. The number of nitrogens with zero attached hydrogens (tertiary/aromatic N) is 3. The lowest BCUT2D eigenvalue weighted by Gasteiger charge is -2.11. The van der Waals surface area contributed by atoms with E-state index in [4.69, 9.17) is 10.9 Å². The number of aromatic nitrogens is 2. The minimum atomic E-state index is -0.122. The van der Waals surface area contributed by atoms with Gasteiger partial charge in [-0.2, -0.15) is 0 Å². The monoisotopic (exact) mass is 197 g/mol. The van der Waals surface area contributed by atoms with Crippen LogP contribution in [0.5, 0.6) is 0 Å². The molecule has 78 valence electrons. The van der Waals surface area contributed by atoms with Crippen molar-refractivity contribution in [1.29, 1.82) is 0 Å². The summed E-state index contributed by atoms with van der Waals surface area (Å²) in [5, 5.41) is 14.4. The van der Waals surface area contributed by atoms with Gasteiger partial charge in [0.2, 0.25) is 0 Å². The van der Waals surface area contributed by atoms with Gasteiger partial charge in [-0.15, -0.1) is 0 Å². The van der Waals surface area contributed by atoms with Gasteiger partial charge in [0, 0.05) is 25.5 Å². The van der Waals surface area contributed by atoms with Crippen molar-refractivity contribution in [2.45, 2.75) is 19.5 Å². The number of nitrogens with one attached hydrogen (secondary N) is 1. The minimum Gasteiger partial charge on any atom is -0.409 e. The number of rotatable bonds is 5. The van der Waals surface area contributed by atoms with E-state index in [9.17, 15) is 0 Å². The Bertz CT molecular complexity index is 282. The predicted octanol–water partition coefficient (Wildman–Crippen LogP) is -0.392. The lowest BCUT2D eigenvalue weighted by molar-refractivity contribution is 0.315. The van der Waals surface area contributed by atoms with E-state index in [0.29, 0.717) is 0 Å². The van der Waals surface area contributed by atoms with E-state index in [2.05, 4.69) is 15.5 Å². The normalized spacial score (nSPS) is 14.2. The molecule has 0 spiro atoms. The molecule has 0 aliphatic carbocycles. The number of hydrogen-bond donors (Lipinski definition) is 3. The van der Waals surface area contributed by atoms with Crippen LogP contribution in [-0.4, -0.2) is 33.2 Å². The van der Waals surface area contributed by atoms with Gasteiger partial charge >= 0.3 is 0 Å². The first-order valence-electron chi connectivity index (χ1n) is 4.40. The smallest absolute Gasteiger partial charge is 0.156 e. The fourth-order valence-electron chi connectivity index (χ4n) is 1.02. The van der Waals surface area contributed by atoms with E-state index < -0.39 is 0 Å². The molecule has 14 heavy (non-hydrogen) atoms. The highest BCUT2D eigenvalue weighted by molar-refractivity contribution is 5.84. The van der Waals surface area contributed by atoms with Crippen molar-refractivity contribution >= 4 is 5.84 Å². The van der Waals surface area contributed by atoms with Gasteiger partial charge in [0.05, 0.1) is 12.4 Å². The number of hydrogen-bond acceptors (Lipinski definition) is 4. The molecule has 0 amide bonds. The van der Waals surface area contributed by atoms with Crippen molar-refractivity contribution in [3.63, 3.8) is 0 Å². The van der Waals surface area contributed by atoms with E-state index in [1.807, 2.05) is 17.7 Å². The van der Waals surface area contributed by atoms with Crippen LogP contribution in [0.3, 0.4) is 0 Å². The Morgan fingerprint density at radius 3 is 3.14 bits per heavy atom. The summed E-state index contributed by atoms with van der Waals surface area (Å²) >= 11 is 0. The molecule has 0 aliphatic heterocycles. The van der Waals surface area contributed by atoms with E-state index in [1.165, 1.54) is 0 Å². The van der Waals surface area contributed by atoms with Crippen LogP contribution in [0.1, 0.15) is 6.92 Å². The molecule has 0 aromatic carbocycles. The summed E-state index contributed by atoms with van der Waals surface area (Å²) in [6.45, 7) is 3.39. The van der Waals surface area contributed by atoms with Gasteiger partial charge in [0.15, 0.2) is 5.84 Å². The molecule has 0 saturated heterocycles. The molecule has 0 radical (unpaired) electrons. The standard InChI is InChI=1S/C8H15N5O/c1-7(8(9)12-14)11-3-5-13-4-2-10-6-13/h2,4,6-7,11,14H,3,5H2,1H3,(H2,9,12). The van der Waals surface area contributed by atoms with Crippen LogP contribution in [-0.2, 0) is 6.54 Å². The Kier molecular flexibility index (Phi) is 3.93. The van der Waals surface area contributed by atoms with Gasteiger partial charge in [0.1, 0.15) is 0 Å². The average molecular weight is 197 g/mol. The highest BCUT2D eigenvalue weighted by atomic mass is 16.4. The molecule has 1 aromatic rings. The van der Waals surface area contributed by atoms with Gasteiger partial charge in [-0.05, 0) is 6.92 Å². The van der Waals surface area contributed by atoms with Crippen LogP contribution in [0.15, 0.2) is 23.9 Å². The maximum atomic E-state index is 8.40. The molecule has 1 unspecified atom stereocenters. The Hall–Kier alpha value is -1.56. The summed E-state index contributed by atoms with van der Waals surface area (Å²) in [5.41, 5.74) is 5.39. The van der Waals surface area contributed by atoms with Crippen LogP contribution in [0.2, 0.25) is 0 Å². The van der Waals surface area contributed by atoms with Crippen molar-refractivity contribution in [2.75, 3.05) is 6.54 Å². The summed E-state index contributed by atoms with van der Waals surface area (Å²) in [6, 6.07) is -0.122. The highest BCUT2D eigenvalue weighted by Gasteiger charge is 2.04. The maximum absolute atomic E-state index is 8.40. The van der Waals surface area contributed by atoms with Gasteiger partial charge in [-0.3, -0.25) is 0 Å². The van der Waals surface area contributed by atoms with Crippen molar-refractivity contribution in [3.8, 4) is 0 Å². The Balaban J connectivity index is 2.22. The van der Waals surface area contributed by atoms with Crippen LogP contribution < -0.4 is 11.1 Å². The molecule has 1 rings (SSSR count). The van der Waals surface area contributed by atoms with Crippen LogP contribution in [0, 0.1) is 0 Å². The van der Waals surface area contributed by atoms with Crippen LogP contribution in [0.4, 0.5) is 0 Å². The van der Waals surface area contributed by atoms with Crippen molar-refractivity contribution in [3.05, 3.63) is 18.7 Å².